The Balaban J connectivity index is 1.24. The number of nitrogens with one attached hydrogen (secondary N) is 1. The van der Waals surface area contributed by atoms with Gasteiger partial charge in [-0.3, -0.25) is 14.5 Å². The lowest BCUT2D eigenvalue weighted by Gasteiger charge is -2.41. The van der Waals surface area contributed by atoms with Gasteiger partial charge in [0.2, 0.25) is 11.8 Å². The summed E-state index contributed by atoms with van der Waals surface area (Å²) in [4.78, 5) is 30.2. The lowest BCUT2D eigenvalue weighted by molar-refractivity contribution is -0.139. The summed E-state index contributed by atoms with van der Waals surface area (Å²) in [6, 6.07) is 9.90. The highest BCUT2D eigenvalue weighted by Gasteiger charge is 2.37. The van der Waals surface area contributed by atoms with E-state index >= 15 is 0 Å². The second kappa shape index (κ2) is 12.5. The molecule has 1 saturated heterocycles. The molecule has 0 radical (unpaired) electrons. The van der Waals surface area contributed by atoms with Crippen LogP contribution in [-0.4, -0.2) is 67.0 Å². The molecule has 3 fully saturated rings. The molecule has 2 aliphatic carbocycles. The number of hydrogen-bond acceptors (Lipinski definition) is 4. The highest BCUT2D eigenvalue weighted by molar-refractivity contribution is 5.82. The van der Waals surface area contributed by atoms with Crippen molar-refractivity contribution >= 4 is 11.8 Å². The van der Waals surface area contributed by atoms with Gasteiger partial charge in [-0.15, -0.1) is 0 Å². The Morgan fingerprint density at radius 2 is 1.58 bits per heavy atom. The molecular weight excluding hydrogens is 414 g/mol. The molecule has 4 rings (SSSR count). The van der Waals surface area contributed by atoms with Crippen molar-refractivity contribution in [2.45, 2.75) is 70.4 Å². The number of amides is 2. The molecule has 0 aromatic heterocycles. The zero-order valence-electron chi connectivity index (χ0n) is 20.1. The third-order valence-electron chi connectivity index (χ3n) is 7.80. The molecular formula is C27H41N3O3. The summed E-state index contributed by atoms with van der Waals surface area (Å²) in [7, 11) is 0. The average molecular weight is 456 g/mol. The first kappa shape index (κ1) is 24.2. The van der Waals surface area contributed by atoms with E-state index < -0.39 is 0 Å². The van der Waals surface area contributed by atoms with Crippen molar-refractivity contribution in [1.29, 1.82) is 0 Å². The van der Waals surface area contributed by atoms with Gasteiger partial charge in [-0.05, 0) is 43.1 Å². The fourth-order valence-electron chi connectivity index (χ4n) is 5.86. The molecule has 6 nitrogen and oxygen atoms in total. The normalized spacial score (nSPS) is 21.8. The monoisotopic (exact) mass is 455 g/mol. The average Bonchev–Trinajstić information content (AvgIpc) is 3.39. The molecule has 1 aromatic rings. The molecule has 1 atom stereocenters. The maximum atomic E-state index is 13.3. The Kier molecular flexibility index (Phi) is 9.18. The maximum Gasteiger partial charge on any atom is 0.248 e. The van der Waals surface area contributed by atoms with Gasteiger partial charge >= 0.3 is 0 Å². The minimum absolute atomic E-state index is 0.0392. The first-order valence-electron chi connectivity index (χ1n) is 13.1. The standard InChI is InChI=1S/C27H41N3O3/c31-25(21-33-20-23-11-5-2-6-12-23)29-15-17-30(18-16-29)26(24-13-7-8-14-24)27(32)28-19-22-9-3-1-4-10-22/h2,5-6,11-12,22,24,26H,1,3-4,7-10,13-21H2,(H,28,32)/t26-/m0/s1. The van der Waals surface area contributed by atoms with E-state index in [1.807, 2.05) is 35.2 Å². The summed E-state index contributed by atoms with van der Waals surface area (Å²) in [6.07, 6.45) is 11.2. The second-order valence-electron chi connectivity index (χ2n) is 10.1. The van der Waals surface area contributed by atoms with Gasteiger partial charge in [0, 0.05) is 32.7 Å². The zero-order chi connectivity index (χ0) is 22.9. The van der Waals surface area contributed by atoms with E-state index in [0.29, 0.717) is 31.5 Å². The molecule has 33 heavy (non-hydrogen) atoms. The van der Waals surface area contributed by atoms with E-state index in [2.05, 4.69) is 10.2 Å². The summed E-state index contributed by atoms with van der Waals surface area (Å²) in [6.45, 7) is 4.28. The van der Waals surface area contributed by atoms with Crippen molar-refractivity contribution in [1.82, 2.24) is 15.1 Å². The first-order valence-corrected chi connectivity index (χ1v) is 13.1. The molecule has 182 valence electrons. The number of hydrogen-bond donors (Lipinski definition) is 1. The Bertz CT molecular complexity index is 736. The molecule has 6 heteroatoms. The van der Waals surface area contributed by atoms with Crippen LogP contribution in [0.4, 0.5) is 0 Å². The number of carbonyl (C=O) groups is 2. The lowest BCUT2D eigenvalue weighted by Crippen LogP contribution is -2.58. The van der Waals surface area contributed by atoms with Crippen LogP contribution in [0.15, 0.2) is 30.3 Å². The van der Waals surface area contributed by atoms with E-state index in [1.54, 1.807) is 0 Å². The van der Waals surface area contributed by atoms with Crippen LogP contribution in [0.1, 0.15) is 63.4 Å². The molecule has 0 spiro atoms. The van der Waals surface area contributed by atoms with E-state index in [4.69, 9.17) is 4.74 Å². The molecule has 3 aliphatic rings. The number of ether oxygens (including phenoxy) is 1. The minimum Gasteiger partial charge on any atom is -0.367 e. The van der Waals surface area contributed by atoms with E-state index in [9.17, 15) is 9.59 Å². The molecule has 0 unspecified atom stereocenters. The first-order chi connectivity index (χ1) is 16.2. The summed E-state index contributed by atoms with van der Waals surface area (Å²) >= 11 is 0. The maximum absolute atomic E-state index is 13.3. The summed E-state index contributed by atoms with van der Waals surface area (Å²) in [5, 5.41) is 3.32. The van der Waals surface area contributed by atoms with Crippen LogP contribution in [0.2, 0.25) is 0 Å². The largest absolute Gasteiger partial charge is 0.367 e. The summed E-state index contributed by atoms with van der Waals surface area (Å²) in [5.74, 6) is 1.37. The number of nitrogens with zero attached hydrogens (tertiary/aromatic N) is 2. The molecule has 0 bridgehead atoms. The van der Waals surface area contributed by atoms with Crippen molar-refractivity contribution in [2.75, 3.05) is 39.3 Å². The van der Waals surface area contributed by atoms with E-state index in [-0.39, 0.29) is 24.5 Å². The minimum atomic E-state index is -0.0392. The van der Waals surface area contributed by atoms with Crippen molar-refractivity contribution in [3.05, 3.63) is 35.9 Å². The fourth-order valence-corrected chi connectivity index (χ4v) is 5.86. The van der Waals surface area contributed by atoms with Gasteiger partial charge in [0.05, 0.1) is 12.6 Å². The third kappa shape index (κ3) is 7.03. The van der Waals surface area contributed by atoms with Gasteiger partial charge in [-0.1, -0.05) is 62.4 Å². The SMILES string of the molecule is O=C(NCC1CCCCC1)[C@H](C1CCCC1)N1CCN(C(=O)COCc2ccccc2)CC1. The molecule has 1 heterocycles. The number of carbonyl (C=O) groups excluding carboxylic acids is 2. The molecule has 1 aromatic carbocycles. The van der Waals surface area contributed by atoms with Gasteiger partial charge in [0.15, 0.2) is 0 Å². The van der Waals surface area contributed by atoms with Crippen molar-refractivity contribution in [3.8, 4) is 0 Å². The van der Waals surface area contributed by atoms with Crippen LogP contribution < -0.4 is 5.32 Å². The topological polar surface area (TPSA) is 61.9 Å². The number of benzene rings is 1. The Morgan fingerprint density at radius 3 is 2.27 bits per heavy atom. The number of piperazine rings is 1. The van der Waals surface area contributed by atoms with Crippen molar-refractivity contribution in [2.24, 2.45) is 11.8 Å². The highest BCUT2D eigenvalue weighted by atomic mass is 16.5. The quantitative estimate of drug-likeness (QED) is 0.618. The van der Waals surface area contributed by atoms with Gasteiger partial charge in [0.25, 0.3) is 0 Å². The van der Waals surface area contributed by atoms with Crippen molar-refractivity contribution < 1.29 is 14.3 Å². The van der Waals surface area contributed by atoms with Gasteiger partial charge < -0.3 is 15.0 Å². The van der Waals surface area contributed by atoms with Crippen LogP contribution in [-0.2, 0) is 20.9 Å². The predicted molar refractivity (Wildman–Crippen MR) is 130 cm³/mol. The Labute approximate surface area is 199 Å². The molecule has 1 N–H and O–H groups in total. The van der Waals surface area contributed by atoms with Crippen LogP contribution >= 0.6 is 0 Å². The van der Waals surface area contributed by atoms with Crippen LogP contribution in [0.3, 0.4) is 0 Å². The van der Waals surface area contributed by atoms with Crippen molar-refractivity contribution in [3.63, 3.8) is 0 Å². The smallest absolute Gasteiger partial charge is 0.248 e. The fraction of sp³-hybridized carbons (Fsp3) is 0.704. The van der Waals surface area contributed by atoms with Crippen LogP contribution in [0.5, 0.6) is 0 Å². The van der Waals surface area contributed by atoms with Gasteiger partial charge in [-0.2, -0.15) is 0 Å². The van der Waals surface area contributed by atoms with Gasteiger partial charge in [-0.25, -0.2) is 0 Å². The summed E-state index contributed by atoms with van der Waals surface area (Å²) < 4.78 is 5.65. The zero-order valence-corrected chi connectivity index (χ0v) is 20.1. The predicted octanol–water partition coefficient (Wildman–Crippen LogP) is 3.60. The Morgan fingerprint density at radius 1 is 0.909 bits per heavy atom. The van der Waals surface area contributed by atoms with E-state index in [0.717, 1.165) is 38.0 Å². The third-order valence-corrected chi connectivity index (χ3v) is 7.80. The van der Waals surface area contributed by atoms with Gasteiger partial charge in [0.1, 0.15) is 6.61 Å². The second-order valence-corrected chi connectivity index (χ2v) is 10.1. The molecule has 2 saturated carbocycles. The molecule has 1 aliphatic heterocycles. The summed E-state index contributed by atoms with van der Waals surface area (Å²) in [5.41, 5.74) is 1.08. The Hall–Kier alpha value is -1.92. The molecule has 2 amide bonds. The van der Waals surface area contributed by atoms with Crippen LogP contribution in [0, 0.1) is 11.8 Å². The lowest BCUT2D eigenvalue weighted by atomic mass is 9.89. The van der Waals surface area contributed by atoms with Crippen LogP contribution in [0.25, 0.3) is 0 Å². The highest BCUT2D eigenvalue weighted by Crippen LogP contribution is 2.31. The van der Waals surface area contributed by atoms with E-state index in [1.165, 1.54) is 44.9 Å². The number of rotatable bonds is 9.